The van der Waals surface area contributed by atoms with Crippen LogP contribution in [-0.4, -0.2) is 10.8 Å². The number of nitrogens with two attached hydrogens (primary N) is 1. The van der Waals surface area contributed by atoms with Gasteiger partial charge in [-0.2, -0.15) is 0 Å². The van der Waals surface area contributed by atoms with Crippen LogP contribution in [0.15, 0.2) is 40.9 Å². The number of nitrogen functional groups attached to an aromatic ring is 1. The molecule has 0 saturated carbocycles. The number of nitrogens with one attached hydrogen (secondary N) is 1. The summed E-state index contributed by atoms with van der Waals surface area (Å²) < 4.78 is 6.50. The molecule has 0 aliphatic rings. The van der Waals surface area contributed by atoms with E-state index in [1.807, 2.05) is 25.1 Å². The number of ether oxygens (including phenoxy) is 1. The van der Waals surface area contributed by atoms with Crippen LogP contribution in [0.1, 0.15) is 11.3 Å². The van der Waals surface area contributed by atoms with E-state index in [1.54, 1.807) is 18.2 Å². The van der Waals surface area contributed by atoms with E-state index in [0.717, 1.165) is 10.0 Å². The monoisotopic (exact) mass is 305 g/mol. The number of amidine groups is 1. The largest absolute Gasteiger partial charge is 0.438 e. The lowest BCUT2D eigenvalue weighted by Gasteiger charge is -2.08. The highest BCUT2D eigenvalue weighted by Gasteiger charge is 2.05. The lowest BCUT2D eigenvalue weighted by molar-refractivity contribution is 0.459. The van der Waals surface area contributed by atoms with Gasteiger partial charge in [0.05, 0.1) is 4.47 Å². The van der Waals surface area contributed by atoms with Crippen molar-refractivity contribution >= 4 is 21.8 Å². The molecule has 0 amide bonds. The molecule has 0 fully saturated rings. The lowest BCUT2D eigenvalue weighted by Crippen LogP contribution is -2.13. The number of rotatable bonds is 3. The van der Waals surface area contributed by atoms with Gasteiger partial charge in [0.2, 0.25) is 5.88 Å². The summed E-state index contributed by atoms with van der Waals surface area (Å²) in [5.41, 5.74) is 6.92. The Balaban J connectivity index is 2.28. The molecule has 4 nitrogen and oxygen atoms in total. The Morgan fingerprint density at radius 2 is 2.11 bits per heavy atom. The quantitative estimate of drug-likeness (QED) is 0.675. The van der Waals surface area contributed by atoms with Gasteiger partial charge in [-0.15, -0.1) is 0 Å². The molecule has 18 heavy (non-hydrogen) atoms. The van der Waals surface area contributed by atoms with Crippen molar-refractivity contribution in [2.45, 2.75) is 6.92 Å². The highest BCUT2D eigenvalue weighted by molar-refractivity contribution is 9.10. The van der Waals surface area contributed by atoms with E-state index in [9.17, 15) is 0 Å². The predicted molar refractivity (Wildman–Crippen MR) is 74.2 cm³/mol. The van der Waals surface area contributed by atoms with Crippen LogP contribution >= 0.6 is 15.9 Å². The number of hydrogen-bond donors (Lipinski definition) is 2. The fraction of sp³-hybridized carbons (Fsp3) is 0.0769. The number of pyridine rings is 1. The average Bonchev–Trinajstić information content (AvgIpc) is 2.33. The van der Waals surface area contributed by atoms with Crippen molar-refractivity contribution < 1.29 is 4.74 Å². The first kappa shape index (κ1) is 12.6. The molecule has 3 N–H and O–H groups in total. The zero-order valence-electron chi connectivity index (χ0n) is 9.77. The van der Waals surface area contributed by atoms with Gasteiger partial charge in [-0.05, 0) is 46.6 Å². The number of halogens is 1. The molecular formula is C13H12BrN3O. The first-order valence-corrected chi connectivity index (χ1v) is 6.11. The summed E-state index contributed by atoms with van der Waals surface area (Å²) in [6, 6.07) is 10.9. The minimum absolute atomic E-state index is 0.0802. The lowest BCUT2D eigenvalue weighted by atomic mass is 10.2. The van der Waals surface area contributed by atoms with Gasteiger partial charge in [0.25, 0.3) is 0 Å². The van der Waals surface area contributed by atoms with Crippen molar-refractivity contribution in [3.8, 4) is 11.6 Å². The topological polar surface area (TPSA) is 72.0 Å². The Morgan fingerprint density at radius 3 is 2.78 bits per heavy atom. The zero-order valence-corrected chi connectivity index (χ0v) is 11.4. The van der Waals surface area contributed by atoms with E-state index >= 15 is 0 Å². The molecule has 1 heterocycles. The first-order valence-electron chi connectivity index (χ1n) is 5.32. The molecule has 0 aliphatic heterocycles. The maximum atomic E-state index is 7.33. The third kappa shape index (κ3) is 2.87. The van der Waals surface area contributed by atoms with Gasteiger partial charge >= 0.3 is 0 Å². The summed E-state index contributed by atoms with van der Waals surface area (Å²) in [6.45, 7) is 2.00. The van der Waals surface area contributed by atoms with E-state index in [4.69, 9.17) is 15.9 Å². The second kappa shape index (κ2) is 5.18. The van der Waals surface area contributed by atoms with Crippen molar-refractivity contribution in [1.29, 1.82) is 5.41 Å². The van der Waals surface area contributed by atoms with E-state index < -0.39 is 0 Å². The summed E-state index contributed by atoms with van der Waals surface area (Å²) >= 11 is 3.43. The fourth-order valence-corrected chi connectivity index (χ4v) is 2.00. The van der Waals surface area contributed by atoms with Crippen LogP contribution in [0, 0.1) is 12.3 Å². The van der Waals surface area contributed by atoms with Crippen LogP contribution in [0.3, 0.4) is 0 Å². The molecule has 2 rings (SSSR count). The Labute approximate surface area is 113 Å². The van der Waals surface area contributed by atoms with Gasteiger partial charge in [-0.25, -0.2) is 4.98 Å². The van der Waals surface area contributed by atoms with E-state index in [0.29, 0.717) is 17.3 Å². The minimum Gasteiger partial charge on any atom is -0.438 e. The molecule has 1 aromatic heterocycles. The van der Waals surface area contributed by atoms with Crippen molar-refractivity contribution in [3.63, 3.8) is 0 Å². The highest BCUT2D eigenvalue weighted by atomic mass is 79.9. The third-order valence-electron chi connectivity index (χ3n) is 2.30. The number of nitrogens with zero attached hydrogens (tertiary/aromatic N) is 1. The van der Waals surface area contributed by atoms with Crippen LogP contribution in [-0.2, 0) is 0 Å². The van der Waals surface area contributed by atoms with Gasteiger partial charge in [0, 0.05) is 6.07 Å². The molecule has 92 valence electrons. The third-order valence-corrected chi connectivity index (χ3v) is 2.92. The second-order valence-corrected chi connectivity index (χ2v) is 4.67. The van der Waals surface area contributed by atoms with Crippen LogP contribution in [0.5, 0.6) is 11.6 Å². The Morgan fingerprint density at radius 1 is 1.33 bits per heavy atom. The molecule has 0 spiro atoms. The van der Waals surface area contributed by atoms with E-state index in [2.05, 4.69) is 20.9 Å². The Kier molecular flexibility index (Phi) is 3.62. The molecule has 5 heteroatoms. The first-order chi connectivity index (χ1) is 8.56. The van der Waals surface area contributed by atoms with Gasteiger partial charge < -0.3 is 10.5 Å². The van der Waals surface area contributed by atoms with Gasteiger partial charge in [0.1, 0.15) is 17.3 Å². The summed E-state index contributed by atoms with van der Waals surface area (Å²) in [4.78, 5) is 4.14. The number of aryl methyl sites for hydroxylation is 1. The summed E-state index contributed by atoms with van der Waals surface area (Å²) in [5, 5.41) is 7.33. The van der Waals surface area contributed by atoms with Crippen molar-refractivity contribution in [2.24, 2.45) is 5.73 Å². The smallest absolute Gasteiger partial charge is 0.219 e. The van der Waals surface area contributed by atoms with Gasteiger partial charge in [0.15, 0.2) is 0 Å². The highest BCUT2D eigenvalue weighted by Crippen LogP contribution is 2.29. The number of aromatic nitrogens is 1. The molecule has 0 unspecified atom stereocenters. The standard InChI is InChI=1S/C13H12BrN3O/c1-8-5-6-11(9(14)7-8)18-12-4-2-3-10(17-12)13(15)16/h2-7H,1H3,(H3,15,16). The Hall–Kier alpha value is -1.88. The maximum Gasteiger partial charge on any atom is 0.219 e. The Bertz CT molecular complexity index is 599. The predicted octanol–water partition coefficient (Wildman–Crippen LogP) is 3.23. The van der Waals surface area contributed by atoms with Crippen LogP contribution in [0.2, 0.25) is 0 Å². The minimum atomic E-state index is -0.0802. The molecule has 1 aromatic carbocycles. The summed E-state index contributed by atoms with van der Waals surface area (Å²) in [5.74, 6) is 1.00. The molecule has 0 saturated heterocycles. The normalized spacial score (nSPS) is 10.1. The summed E-state index contributed by atoms with van der Waals surface area (Å²) in [7, 11) is 0. The van der Waals surface area contributed by atoms with Crippen LogP contribution in [0.25, 0.3) is 0 Å². The molecular weight excluding hydrogens is 294 g/mol. The second-order valence-electron chi connectivity index (χ2n) is 3.81. The van der Waals surface area contributed by atoms with Crippen molar-refractivity contribution in [1.82, 2.24) is 4.98 Å². The van der Waals surface area contributed by atoms with E-state index in [-0.39, 0.29) is 5.84 Å². The molecule has 0 atom stereocenters. The average molecular weight is 306 g/mol. The van der Waals surface area contributed by atoms with Gasteiger partial charge in [-0.3, -0.25) is 5.41 Å². The summed E-state index contributed by atoms with van der Waals surface area (Å²) in [6.07, 6.45) is 0. The van der Waals surface area contributed by atoms with E-state index in [1.165, 1.54) is 0 Å². The SMILES string of the molecule is Cc1ccc(Oc2cccc(C(=N)N)n2)c(Br)c1. The fourth-order valence-electron chi connectivity index (χ4n) is 1.42. The molecule has 0 aliphatic carbocycles. The van der Waals surface area contributed by atoms with Crippen molar-refractivity contribution in [2.75, 3.05) is 0 Å². The van der Waals surface area contributed by atoms with Crippen LogP contribution < -0.4 is 10.5 Å². The number of hydrogen-bond acceptors (Lipinski definition) is 3. The molecule has 2 aromatic rings. The van der Waals surface area contributed by atoms with Crippen LogP contribution in [0.4, 0.5) is 0 Å². The van der Waals surface area contributed by atoms with Gasteiger partial charge in [-0.1, -0.05) is 12.1 Å². The zero-order chi connectivity index (χ0) is 13.1. The maximum absolute atomic E-state index is 7.33. The molecule has 0 radical (unpaired) electrons. The molecule has 0 bridgehead atoms. The number of benzene rings is 1. The van der Waals surface area contributed by atoms with Crippen molar-refractivity contribution in [3.05, 3.63) is 52.1 Å².